The molecule has 0 aliphatic heterocycles. The largest absolute Gasteiger partial charge is 0.497 e. The second-order valence-electron chi connectivity index (χ2n) is 4.88. The minimum atomic E-state index is 0.497. The van der Waals surface area contributed by atoms with E-state index in [0.29, 0.717) is 24.9 Å². The van der Waals surface area contributed by atoms with E-state index in [1.165, 1.54) is 0 Å². The van der Waals surface area contributed by atoms with Crippen LogP contribution in [0.4, 0.5) is 0 Å². The molecule has 22 heavy (non-hydrogen) atoms. The summed E-state index contributed by atoms with van der Waals surface area (Å²) in [6.45, 7) is 5.01. The molecule has 0 aliphatic rings. The molecule has 118 valence electrons. The van der Waals surface area contributed by atoms with Crippen LogP contribution >= 0.6 is 0 Å². The first-order valence-corrected chi connectivity index (χ1v) is 7.12. The Morgan fingerprint density at radius 3 is 2.41 bits per heavy atom. The molecule has 0 saturated heterocycles. The second kappa shape index (κ2) is 7.49. The SMILES string of the molecule is CN=C(NCc1ccc(OC)cc1)NCc1nc(C)c(C)o1. The van der Waals surface area contributed by atoms with Gasteiger partial charge in [0.15, 0.2) is 5.96 Å². The Labute approximate surface area is 130 Å². The summed E-state index contributed by atoms with van der Waals surface area (Å²) in [7, 11) is 3.39. The van der Waals surface area contributed by atoms with Crippen LogP contribution in [0.5, 0.6) is 5.75 Å². The number of rotatable bonds is 5. The number of nitrogens with zero attached hydrogens (tertiary/aromatic N) is 2. The first kappa shape index (κ1) is 15.9. The average molecular weight is 302 g/mol. The molecule has 1 heterocycles. The number of methoxy groups -OCH3 is 1. The van der Waals surface area contributed by atoms with Gasteiger partial charge in [0, 0.05) is 13.6 Å². The van der Waals surface area contributed by atoms with E-state index in [-0.39, 0.29) is 0 Å². The molecule has 0 radical (unpaired) electrons. The Bertz CT molecular complexity index is 613. The fraction of sp³-hybridized carbons (Fsp3) is 0.375. The van der Waals surface area contributed by atoms with Crippen LogP contribution in [0.1, 0.15) is 22.9 Å². The molecular formula is C16H22N4O2. The normalized spacial score (nSPS) is 11.4. The summed E-state index contributed by atoms with van der Waals surface area (Å²) >= 11 is 0. The lowest BCUT2D eigenvalue weighted by molar-refractivity contribution is 0.414. The third-order valence-corrected chi connectivity index (χ3v) is 3.32. The number of nitrogens with one attached hydrogen (secondary N) is 2. The maximum absolute atomic E-state index is 5.53. The second-order valence-corrected chi connectivity index (χ2v) is 4.88. The Morgan fingerprint density at radius 1 is 1.18 bits per heavy atom. The molecule has 1 aromatic carbocycles. The highest BCUT2D eigenvalue weighted by Gasteiger charge is 2.06. The van der Waals surface area contributed by atoms with Gasteiger partial charge >= 0.3 is 0 Å². The molecule has 0 atom stereocenters. The Balaban J connectivity index is 1.84. The fourth-order valence-corrected chi connectivity index (χ4v) is 1.92. The Morgan fingerprint density at radius 2 is 1.86 bits per heavy atom. The number of aryl methyl sites for hydroxylation is 2. The van der Waals surface area contributed by atoms with Gasteiger partial charge in [0.25, 0.3) is 0 Å². The van der Waals surface area contributed by atoms with Crippen molar-refractivity contribution in [2.75, 3.05) is 14.2 Å². The molecule has 0 amide bonds. The first-order chi connectivity index (χ1) is 10.6. The maximum atomic E-state index is 5.53. The van der Waals surface area contributed by atoms with Crippen molar-refractivity contribution in [2.24, 2.45) is 4.99 Å². The van der Waals surface area contributed by atoms with Crippen molar-refractivity contribution in [1.82, 2.24) is 15.6 Å². The lowest BCUT2D eigenvalue weighted by atomic mass is 10.2. The summed E-state index contributed by atoms with van der Waals surface area (Å²) in [4.78, 5) is 8.51. The zero-order chi connectivity index (χ0) is 15.9. The van der Waals surface area contributed by atoms with E-state index >= 15 is 0 Å². The van der Waals surface area contributed by atoms with Gasteiger partial charge in [-0.3, -0.25) is 4.99 Å². The Hall–Kier alpha value is -2.50. The molecule has 0 bridgehead atoms. The quantitative estimate of drug-likeness (QED) is 0.654. The van der Waals surface area contributed by atoms with Crippen molar-refractivity contribution >= 4 is 5.96 Å². The number of aromatic nitrogens is 1. The summed E-state index contributed by atoms with van der Waals surface area (Å²) < 4.78 is 10.7. The van der Waals surface area contributed by atoms with E-state index in [1.54, 1.807) is 14.2 Å². The van der Waals surface area contributed by atoms with Gasteiger partial charge in [0.05, 0.1) is 19.3 Å². The van der Waals surface area contributed by atoms with Crippen LogP contribution in [-0.2, 0) is 13.1 Å². The van der Waals surface area contributed by atoms with Crippen molar-refractivity contribution < 1.29 is 9.15 Å². The zero-order valence-corrected chi connectivity index (χ0v) is 13.4. The lowest BCUT2D eigenvalue weighted by Gasteiger charge is -2.11. The molecule has 0 unspecified atom stereocenters. The minimum absolute atomic E-state index is 0.497. The van der Waals surface area contributed by atoms with Crippen molar-refractivity contribution in [3.05, 3.63) is 47.2 Å². The van der Waals surface area contributed by atoms with Gasteiger partial charge in [-0.1, -0.05) is 12.1 Å². The fourth-order valence-electron chi connectivity index (χ4n) is 1.92. The predicted octanol–water partition coefficient (Wildman–Crippen LogP) is 2.17. The van der Waals surface area contributed by atoms with E-state index in [2.05, 4.69) is 20.6 Å². The predicted molar refractivity (Wildman–Crippen MR) is 86.0 cm³/mol. The molecule has 2 rings (SSSR count). The summed E-state index contributed by atoms with van der Waals surface area (Å²) in [5.74, 6) is 3.05. The van der Waals surface area contributed by atoms with Gasteiger partial charge in [-0.25, -0.2) is 4.98 Å². The van der Waals surface area contributed by atoms with Crippen molar-refractivity contribution in [1.29, 1.82) is 0 Å². The highest BCUT2D eigenvalue weighted by molar-refractivity contribution is 5.79. The summed E-state index contributed by atoms with van der Waals surface area (Å²) in [6.07, 6.45) is 0. The highest BCUT2D eigenvalue weighted by Crippen LogP contribution is 2.11. The van der Waals surface area contributed by atoms with Crippen LogP contribution in [0.25, 0.3) is 0 Å². The average Bonchev–Trinajstić information content (AvgIpc) is 2.86. The van der Waals surface area contributed by atoms with Crippen molar-refractivity contribution in [2.45, 2.75) is 26.9 Å². The number of guanidine groups is 1. The highest BCUT2D eigenvalue weighted by atomic mass is 16.5. The number of ether oxygens (including phenoxy) is 1. The van der Waals surface area contributed by atoms with Crippen LogP contribution in [0.15, 0.2) is 33.7 Å². The van der Waals surface area contributed by atoms with Gasteiger partial charge in [-0.2, -0.15) is 0 Å². The zero-order valence-electron chi connectivity index (χ0n) is 13.4. The van der Waals surface area contributed by atoms with Gasteiger partial charge in [0.1, 0.15) is 11.5 Å². The van der Waals surface area contributed by atoms with Crippen LogP contribution < -0.4 is 15.4 Å². The standard InChI is InChI=1S/C16H22N4O2/c1-11-12(2)22-15(20-11)10-19-16(17-3)18-9-13-5-7-14(21-4)8-6-13/h5-8H,9-10H2,1-4H3,(H2,17,18,19). The number of benzene rings is 1. The summed E-state index contributed by atoms with van der Waals surface area (Å²) in [5.41, 5.74) is 2.06. The number of hydrogen-bond donors (Lipinski definition) is 2. The molecule has 6 nitrogen and oxygen atoms in total. The first-order valence-electron chi connectivity index (χ1n) is 7.12. The van der Waals surface area contributed by atoms with Gasteiger partial charge < -0.3 is 19.8 Å². The minimum Gasteiger partial charge on any atom is -0.497 e. The van der Waals surface area contributed by atoms with Crippen LogP contribution in [0.3, 0.4) is 0 Å². The van der Waals surface area contributed by atoms with Crippen molar-refractivity contribution in [3.8, 4) is 5.75 Å². The molecule has 0 aliphatic carbocycles. The third-order valence-electron chi connectivity index (χ3n) is 3.32. The van der Waals surface area contributed by atoms with Crippen LogP contribution in [0.2, 0.25) is 0 Å². The third kappa shape index (κ3) is 4.25. The monoisotopic (exact) mass is 302 g/mol. The topological polar surface area (TPSA) is 71.7 Å². The molecule has 1 aromatic heterocycles. The van der Waals surface area contributed by atoms with E-state index in [4.69, 9.17) is 9.15 Å². The molecule has 0 saturated carbocycles. The van der Waals surface area contributed by atoms with Gasteiger partial charge in [0.2, 0.25) is 5.89 Å². The summed E-state index contributed by atoms with van der Waals surface area (Å²) in [5, 5.41) is 6.42. The molecular weight excluding hydrogens is 280 g/mol. The smallest absolute Gasteiger partial charge is 0.214 e. The van der Waals surface area contributed by atoms with E-state index in [0.717, 1.165) is 22.8 Å². The van der Waals surface area contributed by atoms with E-state index < -0.39 is 0 Å². The van der Waals surface area contributed by atoms with E-state index in [1.807, 2.05) is 38.1 Å². The summed E-state index contributed by atoms with van der Waals surface area (Å²) in [6, 6.07) is 7.90. The van der Waals surface area contributed by atoms with E-state index in [9.17, 15) is 0 Å². The molecule has 6 heteroatoms. The molecule has 2 aromatic rings. The lowest BCUT2D eigenvalue weighted by Crippen LogP contribution is -2.36. The number of aliphatic imine (C=N–C) groups is 1. The maximum Gasteiger partial charge on any atom is 0.214 e. The van der Waals surface area contributed by atoms with Crippen LogP contribution in [-0.4, -0.2) is 25.1 Å². The van der Waals surface area contributed by atoms with Gasteiger partial charge in [-0.15, -0.1) is 0 Å². The Kier molecular flexibility index (Phi) is 5.41. The number of hydrogen-bond acceptors (Lipinski definition) is 4. The molecule has 0 fully saturated rings. The van der Waals surface area contributed by atoms with Crippen molar-refractivity contribution in [3.63, 3.8) is 0 Å². The molecule has 0 spiro atoms. The number of oxazole rings is 1. The van der Waals surface area contributed by atoms with Crippen LogP contribution in [0, 0.1) is 13.8 Å². The molecule has 2 N–H and O–H groups in total. The van der Waals surface area contributed by atoms with Gasteiger partial charge in [-0.05, 0) is 31.5 Å².